The predicted octanol–water partition coefficient (Wildman–Crippen LogP) is 5.12. The van der Waals surface area contributed by atoms with Crippen molar-refractivity contribution in [2.24, 2.45) is 18.9 Å². The minimum absolute atomic E-state index is 0.0237. The van der Waals surface area contributed by atoms with Gasteiger partial charge in [0.25, 0.3) is 10.2 Å². The van der Waals surface area contributed by atoms with Gasteiger partial charge in [-0.25, -0.2) is 4.39 Å². The molecule has 12 heteroatoms. The largest absolute Gasteiger partial charge is 0.402 e. The van der Waals surface area contributed by atoms with E-state index in [0.29, 0.717) is 22.8 Å². The third-order valence-electron chi connectivity index (χ3n) is 8.30. The van der Waals surface area contributed by atoms with Crippen LogP contribution in [-0.2, 0) is 30.1 Å². The molecule has 2 aliphatic carbocycles. The summed E-state index contributed by atoms with van der Waals surface area (Å²) in [4.78, 5) is 0. The molecule has 2 bridgehead atoms. The number of aryl methyl sites for hydroxylation is 1. The molecule has 0 amide bonds. The number of aromatic nitrogens is 2. The van der Waals surface area contributed by atoms with Crippen LogP contribution >= 0.6 is 11.6 Å². The Labute approximate surface area is 222 Å². The van der Waals surface area contributed by atoms with E-state index < -0.39 is 34.3 Å². The molecular weight excluding hydrogens is 544 g/mol. The second-order valence-corrected chi connectivity index (χ2v) is 12.6. The van der Waals surface area contributed by atoms with Gasteiger partial charge in [0.2, 0.25) is 0 Å². The molecule has 0 unspecified atom stereocenters. The fourth-order valence-electron chi connectivity index (χ4n) is 6.54. The Morgan fingerprint density at radius 3 is 2.42 bits per heavy atom. The maximum Gasteiger partial charge on any atom is 0.402 e. The maximum absolute atomic E-state index is 13.6. The lowest BCUT2D eigenvalue weighted by molar-refractivity contribution is -0.136. The SMILES string of the molecule is Cn1nc(-c2ccc3c(c2)C[C@H]2CC[C@@H](C3)[C@]23CN(CC(F)(F)F)S(=O)(=O)N3)cc1-c1ccc(F)c(Cl)c1. The quantitative estimate of drug-likeness (QED) is 0.446. The number of nitrogens with one attached hydrogen (secondary N) is 1. The number of benzene rings is 2. The molecule has 202 valence electrons. The normalized spacial score (nSPS) is 26.6. The van der Waals surface area contributed by atoms with E-state index in [0.717, 1.165) is 40.8 Å². The van der Waals surface area contributed by atoms with Gasteiger partial charge in [0.15, 0.2) is 0 Å². The number of nitrogens with zero attached hydrogens (tertiary/aromatic N) is 3. The van der Waals surface area contributed by atoms with Crippen LogP contribution in [0.3, 0.4) is 0 Å². The molecule has 38 heavy (non-hydrogen) atoms. The highest BCUT2D eigenvalue weighted by atomic mass is 35.5. The number of hydrogen-bond donors (Lipinski definition) is 1. The summed E-state index contributed by atoms with van der Waals surface area (Å²) in [6.45, 7) is -1.66. The molecule has 1 saturated carbocycles. The Morgan fingerprint density at radius 1 is 1.05 bits per heavy atom. The van der Waals surface area contributed by atoms with Crippen LogP contribution in [0.15, 0.2) is 42.5 Å². The summed E-state index contributed by atoms with van der Waals surface area (Å²) in [5, 5.41) is 4.66. The smallest absolute Gasteiger partial charge is 0.267 e. The van der Waals surface area contributed by atoms with Gasteiger partial charge in [-0.2, -0.15) is 35.7 Å². The number of halogens is 5. The van der Waals surface area contributed by atoms with Crippen LogP contribution in [0, 0.1) is 17.7 Å². The average Bonchev–Trinajstić information content (AvgIpc) is 3.40. The van der Waals surface area contributed by atoms with E-state index in [1.54, 1.807) is 23.9 Å². The molecule has 3 atom stereocenters. The van der Waals surface area contributed by atoms with E-state index in [9.17, 15) is 26.0 Å². The Bertz CT molecular complexity index is 1540. The monoisotopic (exact) mass is 568 g/mol. The summed E-state index contributed by atoms with van der Waals surface area (Å²) in [6, 6.07) is 12.4. The standard InChI is InChI=1S/C26H25ClF4N4O2S/c1-34-24(17-4-7-22(28)21(27)11-17)12-23(32-34)16-3-2-15-9-19-5-6-20(10-18(15)8-16)25(19)13-35(14-26(29,30)31)38(36,37)33-25/h2-4,7-8,11-12,19-20,33H,5-6,9-10,13-14H2,1H3/t19-,20+,25+/m0/s1. The van der Waals surface area contributed by atoms with Crippen molar-refractivity contribution in [3.8, 4) is 22.5 Å². The van der Waals surface area contributed by atoms with Crippen molar-refractivity contribution < 1.29 is 26.0 Å². The fourth-order valence-corrected chi connectivity index (χ4v) is 8.43. The van der Waals surface area contributed by atoms with E-state index in [2.05, 4.69) is 9.82 Å². The van der Waals surface area contributed by atoms with Crippen LogP contribution in [0.25, 0.3) is 22.5 Å². The minimum Gasteiger partial charge on any atom is -0.267 e. The first-order chi connectivity index (χ1) is 17.8. The first-order valence-electron chi connectivity index (χ1n) is 12.3. The van der Waals surface area contributed by atoms with Crippen LogP contribution in [-0.4, -0.2) is 47.3 Å². The van der Waals surface area contributed by atoms with E-state index in [1.807, 2.05) is 24.3 Å². The molecule has 1 aromatic heterocycles. The Morgan fingerprint density at radius 2 is 1.74 bits per heavy atom. The van der Waals surface area contributed by atoms with Crippen molar-refractivity contribution in [3.05, 3.63) is 64.4 Å². The minimum atomic E-state index is -4.61. The zero-order valence-corrected chi connectivity index (χ0v) is 22.0. The topological polar surface area (TPSA) is 67.2 Å². The van der Waals surface area contributed by atoms with Crippen molar-refractivity contribution in [2.45, 2.75) is 37.4 Å². The lowest BCUT2D eigenvalue weighted by atomic mass is 9.79. The Hall–Kier alpha value is -2.47. The molecule has 1 aliphatic heterocycles. The maximum atomic E-state index is 13.6. The fraction of sp³-hybridized carbons (Fsp3) is 0.423. The van der Waals surface area contributed by atoms with E-state index in [-0.39, 0.29) is 23.4 Å². The zero-order valence-electron chi connectivity index (χ0n) is 20.4. The van der Waals surface area contributed by atoms with Gasteiger partial charge in [0.1, 0.15) is 12.4 Å². The van der Waals surface area contributed by atoms with Gasteiger partial charge in [0.05, 0.1) is 21.9 Å². The van der Waals surface area contributed by atoms with E-state index in [4.69, 9.17) is 11.6 Å². The van der Waals surface area contributed by atoms with Crippen molar-refractivity contribution in [2.75, 3.05) is 13.1 Å². The summed E-state index contributed by atoms with van der Waals surface area (Å²) in [6.07, 6.45) is -1.94. The zero-order chi connectivity index (χ0) is 27.0. The molecule has 1 spiro atoms. The first kappa shape index (κ1) is 25.8. The molecule has 0 radical (unpaired) electrons. The first-order valence-corrected chi connectivity index (χ1v) is 14.1. The summed E-state index contributed by atoms with van der Waals surface area (Å²) in [7, 11) is -2.43. The van der Waals surface area contributed by atoms with Crippen LogP contribution < -0.4 is 4.72 Å². The van der Waals surface area contributed by atoms with Gasteiger partial charge in [0, 0.05) is 24.7 Å². The molecule has 2 aromatic carbocycles. The van der Waals surface area contributed by atoms with Crippen molar-refractivity contribution in [1.29, 1.82) is 0 Å². The number of hydrogen-bond acceptors (Lipinski definition) is 3. The second-order valence-electron chi connectivity index (χ2n) is 10.6. The second kappa shape index (κ2) is 8.77. The van der Waals surface area contributed by atoms with Crippen LogP contribution in [0.1, 0.15) is 24.0 Å². The van der Waals surface area contributed by atoms with Gasteiger partial charge < -0.3 is 0 Å². The van der Waals surface area contributed by atoms with Gasteiger partial charge in [-0.15, -0.1) is 0 Å². The lowest BCUT2D eigenvalue weighted by Crippen LogP contribution is -2.52. The van der Waals surface area contributed by atoms with Crippen LogP contribution in [0.2, 0.25) is 5.02 Å². The molecule has 1 saturated heterocycles. The highest BCUT2D eigenvalue weighted by Gasteiger charge is 2.60. The average molecular weight is 569 g/mol. The van der Waals surface area contributed by atoms with Gasteiger partial charge in [-0.1, -0.05) is 23.7 Å². The lowest BCUT2D eigenvalue weighted by Gasteiger charge is -2.33. The van der Waals surface area contributed by atoms with Crippen LogP contribution in [0.4, 0.5) is 17.6 Å². The molecule has 3 aromatic rings. The Balaban J connectivity index is 1.31. The third kappa shape index (κ3) is 4.33. The highest BCUT2D eigenvalue weighted by Crippen LogP contribution is 2.51. The molecular formula is C26H25ClF4N4O2S. The molecule has 2 fully saturated rings. The number of rotatable bonds is 3. The van der Waals surface area contributed by atoms with Gasteiger partial charge in [-0.05, 0) is 79.0 Å². The van der Waals surface area contributed by atoms with Crippen molar-refractivity contribution in [3.63, 3.8) is 0 Å². The van der Waals surface area contributed by atoms with Gasteiger partial charge >= 0.3 is 6.18 Å². The number of alkyl halides is 3. The summed E-state index contributed by atoms with van der Waals surface area (Å²) in [5.41, 5.74) is 4.30. The highest BCUT2D eigenvalue weighted by molar-refractivity contribution is 7.87. The molecule has 6 nitrogen and oxygen atoms in total. The Kier molecular flexibility index (Phi) is 5.95. The molecule has 3 aliphatic rings. The predicted molar refractivity (Wildman–Crippen MR) is 135 cm³/mol. The van der Waals surface area contributed by atoms with Crippen LogP contribution in [0.5, 0.6) is 0 Å². The van der Waals surface area contributed by atoms with Gasteiger partial charge in [-0.3, -0.25) is 4.68 Å². The van der Waals surface area contributed by atoms with Crippen molar-refractivity contribution in [1.82, 2.24) is 18.8 Å². The number of fused-ring (bicyclic) bond motifs is 1. The van der Waals surface area contributed by atoms with Crippen molar-refractivity contribution >= 4 is 21.8 Å². The molecule has 2 heterocycles. The third-order valence-corrected chi connectivity index (χ3v) is 10.2. The summed E-state index contributed by atoms with van der Waals surface area (Å²) < 4.78 is 83.4. The molecule has 1 N–H and O–H groups in total. The summed E-state index contributed by atoms with van der Waals surface area (Å²) in [5.74, 6) is -0.698. The summed E-state index contributed by atoms with van der Waals surface area (Å²) >= 11 is 5.97. The van der Waals surface area contributed by atoms with E-state index in [1.165, 1.54) is 6.07 Å². The van der Waals surface area contributed by atoms with E-state index >= 15 is 0 Å². The molecule has 6 rings (SSSR count).